The first-order valence-electron chi connectivity index (χ1n) is 6.54. The maximum Gasteiger partial charge on any atom is 0.184 e. The molecule has 1 aromatic heterocycles. The van der Waals surface area contributed by atoms with Crippen LogP contribution in [0.2, 0.25) is 5.02 Å². The van der Waals surface area contributed by atoms with Crippen LogP contribution in [-0.2, 0) is 11.3 Å². The Morgan fingerprint density at radius 3 is 3.10 bits per heavy atom. The summed E-state index contributed by atoms with van der Waals surface area (Å²) in [6, 6.07) is 5.44. The van der Waals surface area contributed by atoms with Gasteiger partial charge < -0.3 is 10.5 Å². The van der Waals surface area contributed by atoms with Crippen LogP contribution in [0.15, 0.2) is 18.2 Å². The molecule has 7 heteroatoms. The number of nitrogens with two attached hydrogens (primary N) is 1. The minimum atomic E-state index is -0.225. The lowest BCUT2D eigenvalue weighted by Crippen LogP contribution is -2.30. The number of tetrazole rings is 1. The topological polar surface area (TPSA) is 78.9 Å². The van der Waals surface area contributed by atoms with Crippen LogP contribution < -0.4 is 5.73 Å². The molecule has 1 saturated heterocycles. The van der Waals surface area contributed by atoms with Crippen LogP contribution in [0.1, 0.15) is 19.8 Å². The first-order valence-corrected chi connectivity index (χ1v) is 6.91. The first-order chi connectivity index (χ1) is 9.59. The van der Waals surface area contributed by atoms with Crippen molar-refractivity contribution < 1.29 is 4.74 Å². The highest BCUT2D eigenvalue weighted by Crippen LogP contribution is 2.32. The quantitative estimate of drug-likeness (QED) is 0.877. The smallest absolute Gasteiger partial charge is 0.184 e. The number of para-hydroxylation sites is 1. The number of anilines is 1. The molecule has 1 unspecified atom stereocenters. The van der Waals surface area contributed by atoms with Crippen molar-refractivity contribution in [2.75, 3.05) is 12.3 Å². The minimum absolute atomic E-state index is 0.225. The van der Waals surface area contributed by atoms with Crippen LogP contribution in [0.25, 0.3) is 11.4 Å². The molecule has 1 atom stereocenters. The molecule has 2 heterocycles. The van der Waals surface area contributed by atoms with E-state index in [4.69, 9.17) is 22.1 Å². The van der Waals surface area contributed by atoms with Crippen molar-refractivity contribution in [1.82, 2.24) is 20.2 Å². The minimum Gasteiger partial charge on any atom is -0.397 e. The van der Waals surface area contributed by atoms with Crippen molar-refractivity contribution in [3.05, 3.63) is 23.2 Å². The third-order valence-corrected chi connectivity index (χ3v) is 3.94. The van der Waals surface area contributed by atoms with Crippen molar-refractivity contribution in [3.63, 3.8) is 0 Å². The molecular formula is C13H16ClN5O. The number of hydrogen-bond donors (Lipinski definition) is 1. The zero-order chi connectivity index (χ0) is 14.2. The van der Waals surface area contributed by atoms with Gasteiger partial charge in [0, 0.05) is 12.2 Å². The monoisotopic (exact) mass is 293 g/mol. The molecular weight excluding hydrogens is 278 g/mol. The maximum absolute atomic E-state index is 6.05. The molecule has 106 valence electrons. The summed E-state index contributed by atoms with van der Waals surface area (Å²) in [7, 11) is 0. The van der Waals surface area contributed by atoms with E-state index in [1.165, 1.54) is 0 Å². The van der Waals surface area contributed by atoms with E-state index in [2.05, 4.69) is 22.4 Å². The highest BCUT2D eigenvalue weighted by Gasteiger charge is 2.32. The third kappa shape index (κ3) is 2.36. The Hall–Kier alpha value is -1.66. The SMILES string of the molecule is CC1(Cn2nnnc2-c2cccc(Cl)c2N)CCCO1. The van der Waals surface area contributed by atoms with Crippen LogP contribution in [0.5, 0.6) is 0 Å². The number of hydrogen-bond acceptors (Lipinski definition) is 5. The van der Waals surface area contributed by atoms with E-state index < -0.39 is 0 Å². The lowest BCUT2D eigenvalue weighted by atomic mass is 10.0. The molecule has 0 saturated carbocycles. The van der Waals surface area contributed by atoms with Gasteiger partial charge >= 0.3 is 0 Å². The molecule has 20 heavy (non-hydrogen) atoms. The Morgan fingerprint density at radius 2 is 2.35 bits per heavy atom. The summed E-state index contributed by atoms with van der Waals surface area (Å²) in [4.78, 5) is 0. The summed E-state index contributed by atoms with van der Waals surface area (Å²) < 4.78 is 7.51. The van der Waals surface area contributed by atoms with Crippen molar-refractivity contribution in [1.29, 1.82) is 0 Å². The summed E-state index contributed by atoms with van der Waals surface area (Å²) in [6.07, 6.45) is 2.06. The predicted molar refractivity (Wildman–Crippen MR) is 76.3 cm³/mol. The average molecular weight is 294 g/mol. The first kappa shape index (κ1) is 13.3. The number of rotatable bonds is 3. The molecule has 0 amide bonds. The van der Waals surface area contributed by atoms with Crippen LogP contribution in [0.3, 0.4) is 0 Å². The molecule has 2 aromatic rings. The second kappa shape index (κ2) is 5.03. The van der Waals surface area contributed by atoms with Crippen LogP contribution in [0.4, 0.5) is 5.69 Å². The number of nitrogen functional groups attached to an aromatic ring is 1. The molecule has 1 aromatic carbocycles. The van der Waals surface area contributed by atoms with Crippen molar-refractivity contribution in [2.45, 2.75) is 31.9 Å². The highest BCUT2D eigenvalue weighted by atomic mass is 35.5. The van der Waals surface area contributed by atoms with Gasteiger partial charge in [-0.1, -0.05) is 17.7 Å². The molecule has 1 aliphatic rings. The van der Waals surface area contributed by atoms with Gasteiger partial charge in [0.15, 0.2) is 5.82 Å². The normalized spacial score (nSPS) is 22.3. The Kier molecular flexibility index (Phi) is 3.35. The van der Waals surface area contributed by atoms with Gasteiger partial charge in [-0.15, -0.1) is 5.10 Å². The second-order valence-electron chi connectivity index (χ2n) is 5.26. The molecule has 1 aliphatic heterocycles. The number of aromatic nitrogens is 4. The molecule has 1 fully saturated rings. The Labute approximate surface area is 121 Å². The fraction of sp³-hybridized carbons (Fsp3) is 0.462. The summed E-state index contributed by atoms with van der Waals surface area (Å²) in [6.45, 7) is 3.46. The van der Waals surface area contributed by atoms with E-state index in [-0.39, 0.29) is 5.60 Å². The van der Waals surface area contributed by atoms with Gasteiger partial charge in [-0.25, -0.2) is 4.68 Å². The van der Waals surface area contributed by atoms with E-state index in [9.17, 15) is 0 Å². The molecule has 0 spiro atoms. The number of halogens is 1. The van der Waals surface area contributed by atoms with E-state index in [1.807, 2.05) is 12.1 Å². The molecule has 0 radical (unpaired) electrons. The van der Waals surface area contributed by atoms with E-state index >= 15 is 0 Å². The number of ether oxygens (including phenoxy) is 1. The van der Waals surface area contributed by atoms with E-state index in [0.29, 0.717) is 23.1 Å². The lowest BCUT2D eigenvalue weighted by molar-refractivity contribution is 0.00356. The van der Waals surface area contributed by atoms with Crippen molar-refractivity contribution in [3.8, 4) is 11.4 Å². The lowest BCUT2D eigenvalue weighted by Gasteiger charge is -2.23. The molecule has 0 bridgehead atoms. The molecule has 6 nitrogen and oxygen atoms in total. The molecule has 0 aliphatic carbocycles. The summed E-state index contributed by atoms with van der Waals surface area (Å²) in [5.41, 5.74) is 7.02. The standard InChI is InChI=1S/C13H16ClN5O/c1-13(6-3-7-20-13)8-19-12(16-17-18-19)9-4-2-5-10(14)11(9)15/h2,4-5H,3,6-8,15H2,1H3. The van der Waals surface area contributed by atoms with Gasteiger partial charge in [0.25, 0.3) is 0 Å². The van der Waals surface area contributed by atoms with Crippen LogP contribution >= 0.6 is 11.6 Å². The maximum atomic E-state index is 6.05. The van der Waals surface area contributed by atoms with Gasteiger partial charge in [-0.2, -0.15) is 0 Å². The molecule has 2 N–H and O–H groups in total. The Bertz CT molecular complexity index is 621. The Morgan fingerprint density at radius 1 is 1.50 bits per heavy atom. The van der Waals surface area contributed by atoms with Crippen molar-refractivity contribution >= 4 is 17.3 Å². The van der Waals surface area contributed by atoms with Gasteiger partial charge in [0.2, 0.25) is 0 Å². The largest absolute Gasteiger partial charge is 0.397 e. The fourth-order valence-corrected chi connectivity index (χ4v) is 2.69. The highest BCUT2D eigenvalue weighted by molar-refractivity contribution is 6.33. The van der Waals surface area contributed by atoms with Crippen LogP contribution in [-0.4, -0.2) is 32.4 Å². The van der Waals surface area contributed by atoms with Crippen LogP contribution in [0, 0.1) is 0 Å². The second-order valence-corrected chi connectivity index (χ2v) is 5.67. The van der Waals surface area contributed by atoms with Gasteiger partial charge in [0.05, 0.1) is 22.9 Å². The predicted octanol–water partition coefficient (Wildman–Crippen LogP) is 2.14. The van der Waals surface area contributed by atoms with Crippen molar-refractivity contribution in [2.24, 2.45) is 0 Å². The van der Waals surface area contributed by atoms with Gasteiger partial charge in [-0.05, 0) is 42.3 Å². The summed E-state index contributed by atoms with van der Waals surface area (Å²) in [5.74, 6) is 0.613. The summed E-state index contributed by atoms with van der Waals surface area (Å²) in [5, 5.41) is 12.4. The molecule has 3 rings (SSSR count). The summed E-state index contributed by atoms with van der Waals surface area (Å²) >= 11 is 6.05. The zero-order valence-electron chi connectivity index (χ0n) is 11.2. The number of benzene rings is 1. The average Bonchev–Trinajstić information content (AvgIpc) is 3.03. The van der Waals surface area contributed by atoms with E-state index in [0.717, 1.165) is 25.0 Å². The Balaban J connectivity index is 1.96. The number of nitrogens with zero attached hydrogens (tertiary/aromatic N) is 4. The van der Waals surface area contributed by atoms with Gasteiger partial charge in [-0.3, -0.25) is 0 Å². The zero-order valence-corrected chi connectivity index (χ0v) is 12.0. The fourth-order valence-electron chi connectivity index (χ4n) is 2.51. The third-order valence-electron chi connectivity index (χ3n) is 3.61. The van der Waals surface area contributed by atoms with Gasteiger partial charge in [0.1, 0.15) is 0 Å². The van der Waals surface area contributed by atoms with E-state index in [1.54, 1.807) is 10.7 Å².